The molecule has 0 bridgehead atoms. The Morgan fingerprint density at radius 1 is 0.167 bits per heavy atom. The van der Waals surface area contributed by atoms with Gasteiger partial charge in [0.05, 0.1) is 34.2 Å². The fourth-order valence-corrected chi connectivity index (χ4v) is 9.23. The van der Waals surface area contributed by atoms with Crippen LogP contribution in [0.2, 0.25) is 0 Å². The Balaban J connectivity index is 1.10. The molecule has 72 heavy (non-hydrogen) atoms. The van der Waals surface area contributed by atoms with Gasteiger partial charge in [-0.3, -0.25) is 19.9 Å². The lowest BCUT2D eigenvalue weighted by Crippen LogP contribution is -1.98. The summed E-state index contributed by atoms with van der Waals surface area (Å²) in [4.78, 5) is 30.0. The van der Waals surface area contributed by atoms with Crippen LogP contribution >= 0.6 is 0 Å². The number of hydrogen-bond donors (Lipinski definition) is 0. The van der Waals surface area contributed by atoms with Crippen LogP contribution in [0.25, 0.3) is 123 Å². The maximum atomic E-state index is 5.56. The van der Waals surface area contributed by atoms with Crippen molar-refractivity contribution in [3.05, 3.63) is 267 Å². The van der Waals surface area contributed by atoms with Crippen LogP contribution in [0.5, 0.6) is 0 Å². The molecule has 0 aliphatic carbocycles. The van der Waals surface area contributed by atoms with E-state index in [0.29, 0.717) is 5.82 Å². The first-order valence-electron chi connectivity index (χ1n) is 24.0. The average molecular weight is 921 g/mol. The first-order valence-corrected chi connectivity index (χ1v) is 24.0. The third-order valence-corrected chi connectivity index (χ3v) is 12.8. The third-order valence-electron chi connectivity index (χ3n) is 12.8. The molecule has 0 amide bonds. The smallest absolute Gasteiger partial charge is 0.160 e. The zero-order valence-corrected chi connectivity index (χ0v) is 39.1. The van der Waals surface area contributed by atoms with E-state index in [4.69, 9.17) is 24.9 Å². The van der Waals surface area contributed by atoms with Gasteiger partial charge in [0.15, 0.2) is 5.82 Å². The average Bonchev–Trinajstić information content (AvgIpc) is 3.48. The molecule has 0 aliphatic heterocycles. The van der Waals surface area contributed by atoms with E-state index in [-0.39, 0.29) is 0 Å². The van der Waals surface area contributed by atoms with Crippen molar-refractivity contribution in [1.29, 1.82) is 0 Å². The van der Waals surface area contributed by atoms with Crippen LogP contribution in [0.15, 0.2) is 267 Å². The van der Waals surface area contributed by atoms with Crippen molar-refractivity contribution in [3.63, 3.8) is 0 Å². The highest BCUT2D eigenvalue weighted by molar-refractivity contribution is 5.86. The molecule has 0 unspecified atom stereocenters. The second-order valence-electron chi connectivity index (χ2n) is 17.6. The monoisotopic (exact) mass is 920 g/mol. The molecule has 0 spiro atoms. The Morgan fingerprint density at radius 3 is 0.931 bits per heavy atom. The quantitative estimate of drug-likeness (QED) is 0.129. The van der Waals surface area contributed by atoms with Gasteiger partial charge in [0.1, 0.15) is 0 Å². The van der Waals surface area contributed by atoms with Crippen molar-refractivity contribution >= 4 is 0 Å². The maximum absolute atomic E-state index is 5.56. The van der Waals surface area contributed by atoms with Crippen LogP contribution in [0.1, 0.15) is 0 Å². The summed E-state index contributed by atoms with van der Waals surface area (Å²) in [6.45, 7) is 0. The first kappa shape index (κ1) is 43.5. The normalized spacial score (nSPS) is 11.1. The van der Waals surface area contributed by atoms with Crippen LogP contribution in [-0.4, -0.2) is 29.9 Å². The highest BCUT2D eigenvalue weighted by atomic mass is 14.9. The molecule has 12 aromatic rings. The van der Waals surface area contributed by atoms with Crippen molar-refractivity contribution in [3.8, 4) is 123 Å². The Hall–Kier alpha value is -9.78. The Kier molecular flexibility index (Phi) is 11.9. The van der Waals surface area contributed by atoms with E-state index in [1.165, 1.54) is 0 Å². The number of aromatic nitrogens is 6. The lowest BCUT2D eigenvalue weighted by Gasteiger charge is -2.16. The number of benzene rings is 7. The molecule has 338 valence electrons. The molecule has 0 aliphatic rings. The first-order chi connectivity index (χ1) is 35.6. The molecule has 5 heterocycles. The van der Waals surface area contributed by atoms with Crippen LogP contribution < -0.4 is 0 Å². The van der Waals surface area contributed by atoms with Gasteiger partial charge in [0.25, 0.3) is 0 Å². The lowest BCUT2D eigenvalue weighted by atomic mass is 9.93. The molecule has 0 N–H and O–H groups in total. The minimum absolute atomic E-state index is 0.589. The molecule has 0 radical (unpaired) electrons. The molecule has 0 fully saturated rings. The van der Waals surface area contributed by atoms with Crippen molar-refractivity contribution in [2.45, 2.75) is 0 Å². The SMILES string of the molecule is c1ccc(-c2cc(-c3ccccn3)cc(-c3cc(-c4cc(-c5ccccc5)cc(-c5ccccn5)c4)nc(-c4cc(-c5ccc(-c6ccccn6)cc5)cc(-c5cccc(-c6ccccn6)c5)c4)n3)c2)cc1. The van der Waals surface area contributed by atoms with E-state index in [9.17, 15) is 0 Å². The standard InChI is InChI=1S/C66H44N6/c1-3-16-45(17-4-1)52-36-55(62-24-9-13-32-69-62)42-57(38-52)64-44-65(58-39-53(46-18-5-2-6-19-46)37-56(43-58)63-25-10-14-33-70-63)72-66(71-64)59-40-51(47-26-28-48(29-27-47)60-22-7-11-30-67-60)35-54(41-59)49-20-15-21-50(34-49)61-23-8-12-31-68-61/h1-44H. The summed E-state index contributed by atoms with van der Waals surface area (Å²) in [5, 5.41) is 0. The van der Waals surface area contributed by atoms with Crippen LogP contribution in [-0.2, 0) is 0 Å². The van der Waals surface area contributed by atoms with Gasteiger partial charge in [-0.25, -0.2) is 9.97 Å². The highest BCUT2D eigenvalue weighted by Crippen LogP contribution is 2.39. The minimum atomic E-state index is 0.589. The maximum Gasteiger partial charge on any atom is 0.160 e. The molecule has 0 saturated heterocycles. The van der Waals surface area contributed by atoms with Crippen LogP contribution in [0.3, 0.4) is 0 Å². The lowest BCUT2D eigenvalue weighted by molar-refractivity contribution is 1.18. The molecule has 6 heteroatoms. The highest BCUT2D eigenvalue weighted by Gasteiger charge is 2.18. The Labute approximate surface area is 418 Å². The van der Waals surface area contributed by atoms with Crippen molar-refractivity contribution in [2.24, 2.45) is 0 Å². The predicted molar refractivity (Wildman–Crippen MR) is 293 cm³/mol. The van der Waals surface area contributed by atoms with Crippen molar-refractivity contribution in [1.82, 2.24) is 29.9 Å². The van der Waals surface area contributed by atoms with Crippen molar-refractivity contribution < 1.29 is 0 Å². The van der Waals surface area contributed by atoms with E-state index in [0.717, 1.165) is 118 Å². The fraction of sp³-hybridized carbons (Fsp3) is 0. The Bertz CT molecular complexity index is 3550. The largest absolute Gasteiger partial charge is 0.256 e. The van der Waals surface area contributed by atoms with Crippen LogP contribution in [0, 0.1) is 0 Å². The number of hydrogen-bond acceptors (Lipinski definition) is 6. The summed E-state index contributed by atoms with van der Waals surface area (Å²) in [5.41, 5.74) is 20.4. The van der Waals surface area contributed by atoms with E-state index >= 15 is 0 Å². The van der Waals surface area contributed by atoms with Gasteiger partial charge < -0.3 is 0 Å². The fourth-order valence-electron chi connectivity index (χ4n) is 9.23. The topological polar surface area (TPSA) is 77.3 Å². The van der Waals surface area contributed by atoms with E-state index in [1.807, 2.05) is 97.6 Å². The summed E-state index contributed by atoms with van der Waals surface area (Å²) in [7, 11) is 0. The zero-order valence-electron chi connectivity index (χ0n) is 39.1. The summed E-state index contributed by atoms with van der Waals surface area (Å²) in [6.07, 6.45) is 7.34. The number of pyridine rings is 4. The van der Waals surface area contributed by atoms with Gasteiger partial charge in [-0.2, -0.15) is 0 Å². The van der Waals surface area contributed by atoms with Gasteiger partial charge >= 0.3 is 0 Å². The summed E-state index contributed by atoms with van der Waals surface area (Å²) < 4.78 is 0. The molecule has 0 saturated carbocycles. The zero-order chi connectivity index (χ0) is 48.1. The van der Waals surface area contributed by atoms with Gasteiger partial charge in [0, 0.05) is 63.7 Å². The Morgan fingerprint density at radius 2 is 0.472 bits per heavy atom. The van der Waals surface area contributed by atoms with E-state index in [1.54, 1.807) is 0 Å². The second kappa shape index (κ2) is 19.7. The van der Waals surface area contributed by atoms with Gasteiger partial charge in [-0.1, -0.05) is 127 Å². The van der Waals surface area contributed by atoms with Crippen molar-refractivity contribution in [2.75, 3.05) is 0 Å². The molecule has 6 nitrogen and oxygen atoms in total. The molecular formula is C66H44N6. The van der Waals surface area contributed by atoms with E-state index < -0.39 is 0 Å². The van der Waals surface area contributed by atoms with Crippen LogP contribution in [0.4, 0.5) is 0 Å². The number of rotatable bonds is 11. The molecule has 12 rings (SSSR count). The summed E-state index contributed by atoms with van der Waals surface area (Å²) >= 11 is 0. The molecule has 5 aromatic heterocycles. The second-order valence-corrected chi connectivity index (χ2v) is 17.6. The van der Waals surface area contributed by atoms with Gasteiger partial charge in [-0.05, 0) is 160 Å². The van der Waals surface area contributed by atoms with E-state index in [2.05, 4.69) is 175 Å². The molecule has 0 atom stereocenters. The number of nitrogens with zero attached hydrogens (tertiary/aromatic N) is 6. The third kappa shape index (κ3) is 9.36. The molecular weight excluding hydrogens is 877 g/mol. The molecule has 7 aromatic carbocycles. The van der Waals surface area contributed by atoms with Gasteiger partial charge in [-0.15, -0.1) is 0 Å². The summed E-state index contributed by atoms with van der Waals surface area (Å²) in [6, 6.07) is 84.3. The predicted octanol–water partition coefficient (Wildman–Crippen LogP) is 16.4. The summed E-state index contributed by atoms with van der Waals surface area (Å²) in [5.74, 6) is 0.589. The minimum Gasteiger partial charge on any atom is -0.256 e. The van der Waals surface area contributed by atoms with Gasteiger partial charge in [0.2, 0.25) is 0 Å².